The molecule has 15 heavy (non-hydrogen) atoms. The van der Waals surface area contributed by atoms with Gasteiger partial charge in [0.05, 0.1) is 18.6 Å². The van der Waals surface area contributed by atoms with E-state index in [1.165, 1.54) is 0 Å². The first-order valence-electron chi connectivity index (χ1n) is 4.90. The Morgan fingerprint density at radius 1 is 1.40 bits per heavy atom. The van der Waals surface area contributed by atoms with Gasteiger partial charge in [-0.05, 0) is 12.8 Å². The number of rotatable bonds is 0. The zero-order valence-electron chi connectivity index (χ0n) is 8.21. The zero-order valence-corrected chi connectivity index (χ0v) is 8.21. The predicted molar refractivity (Wildman–Crippen MR) is 47.0 cm³/mol. The van der Waals surface area contributed by atoms with E-state index in [1.54, 1.807) is 0 Å². The van der Waals surface area contributed by atoms with Gasteiger partial charge in [0, 0.05) is 13.2 Å². The van der Waals surface area contributed by atoms with Crippen LogP contribution in [0.2, 0.25) is 0 Å². The van der Waals surface area contributed by atoms with Crippen LogP contribution in [0.3, 0.4) is 0 Å². The van der Waals surface area contributed by atoms with Crippen molar-refractivity contribution in [2.24, 2.45) is 5.41 Å². The van der Waals surface area contributed by atoms with Crippen LogP contribution in [0.4, 0.5) is 13.6 Å². The van der Waals surface area contributed by atoms with Crippen molar-refractivity contribution in [2.75, 3.05) is 26.3 Å². The maximum atomic E-state index is 13.8. The number of likely N-dealkylation sites (tertiary alicyclic amines) is 1. The van der Waals surface area contributed by atoms with Gasteiger partial charge in [0.2, 0.25) is 0 Å². The Labute approximate surface area is 85.8 Å². The van der Waals surface area contributed by atoms with Crippen molar-refractivity contribution in [1.29, 1.82) is 0 Å². The van der Waals surface area contributed by atoms with Crippen LogP contribution in [-0.4, -0.2) is 48.3 Å². The molecular formula is C9H13F2NO3. The monoisotopic (exact) mass is 221 g/mol. The fourth-order valence-corrected chi connectivity index (χ4v) is 2.27. The molecule has 1 N–H and O–H groups in total. The van der Waals surface area contributed by atoms with Crippen molar-refractivity contribution >= 4 is 6.09 Å². The second kappa shape index (κ2) is 3.30. The molecule has 1 amide bonds. The van der Waals surface area contributed by atoms with Gasteiger partial charge >= 0.3 is 6.09 Å². The Kier molecular flexibility index (Phi) is 2.33. The van der Waals surface area contributed by atoms with Crippen LogP contribution in [0.5, 0.6) is 0 Å². The highest BCUT2D eigenvalue weighted by molar-refractivity contribution is 5.65. The fraction of sp³-hybridized carbons (Fsp3) is 0.889. The smallest absolute Gasteiger partial charge is 0.407 e. The van der Waals surface area contributed by atoms with Crippen LogP contribution in [0, 0.1) is 5.41 Å². The van der Waals surface area contributed by atoms with Gasteiger partial charge in [0.15, 0.2) is 0 Å². The standard InChI is InChI=1S/C9H13F2NO3/c10-9(11)5-12(7(13)14)3-1-8(9)2-4-15-6-8/h1-6H2,(H,13,14). The highest BCUT2D eigenvalue weighted by atomic mass is 19.3. The molecule has 2 aliphatic rings. The summed E-state index contributed by atoms with van der Waals surface area (Å²) in [7, 11) is 0. The molecule has 2 fully saturated rings. The summed E-state index contributed by atoms with van der Waals surface area (Å²) in [5.41, 5.74) is -1.13. The summed E-state index contributed by atoms with van der Waals surface area (Å²) in [4.78, 5) is 11.4. The second-order valence-corrected chi connectivity index (χ2v) is 4.24. The van der Waals surface area contributed by atoms with Gasteiger partial charge < -0.3 is 14.7 Å². The van der Waals surface area contributed by atoms with Crippen molar-refractivity contribution in [2.45, 2.75) is 18.8 Å². The maximum absolute atomic E-state index is 13.8. The Morgan fingerprint density at radius 3 is 2.60 bits per heavy atom. The van der Waals surface area contributed by atoms with Crippen molar-refractivity contribution in [3.05, 3.63) is 0 Å². The minimum atomic E-state index is -2.97. The van der Waals surface area contributed by atoms with Crippen LogP contribution in [0.15, 0.2) is 0 Å². The SMILES string of the molecule is O=C(O)N1CCC2(CCOC2)C(F)(F)C1. The summed E-state index contributed by atoms with van der Waals surface area (Å²) in [6.45, 7) is -0.129. The quantitative estimate of drug-likeness (QED) is 0.672. The van der Waals surface area contributed by atoms with Crippen molar-refractivity contribution in [3.63, 3.8) is 0 Å². The third-order valence-electron chi connectivity index (χ3n) is 3.40. The van der Waals surface area contributed by atoms with E-state index in [2.05, 4.69) is 0 Å². The summed E-state index contributed by atoms with van der Waals surface area (Å²) in [6.07, 6.45) is -0.761. The van der Waals surface area contributed by atoms with E-state index >= 15 is 0 Å². The molecule has 2 aliphatic heterocycles. The minimum absolute atomic E-state index is 0.0491. The van der Waals surface area contributed by atoms with Gasteiger partial charge in [-0.2, -0.15) is 0 Å². The van der Waals surface area contributed by atoms with Gasteiger partial charge in [-0.3, -0.25) is 0 Å². The predicted octanol–water partition coefficient (Wildman–Crippen LogP) is 1.41. The van der Waals surface area contributed by atoms with Crippen molar-refractivity contribution < 1.29 is 23.4 Å². The molecular weight excluding hydrogens is 208 g/mol. The molecule has 0 aromatic heterocycles. The van der Waals surface area contributed by atoms with Crippen molar-refractivity contribution in [3.8, 4) is 0 Å². The maximum Gasteiger partial charge on any atom is 0.407 e. The van der Waals surface area contributed by atoms with Crippen molar-refractivity contribution in [1.82, 2.24) is 4.90 Å². The molecule has 2 saturated heterocycles. The molecule has 0 radical (unpaired) electrons. The molecule has 86 valence electrons. The average Bonchev–Trinajstić information content (AvgIpc) is 2.60. The molecule has 6 heteroatoms. The summed E-state index contributed by atoms with van der Waals surface area (Å²) in [5, 5.41) is 8.66. The van der Waals surface area contributed by atoms with Gasteiger partial charge in [-0.25, -0.2) is 13.6 Å². The van der Waals surface area contributed by atoms with E-state index in [4.69, 9.17) is 9.84 Å². The lowest BCUT2D eigenvalue weighted by Crippen LogP contribution is -2.57. The normalized spacial score (nSPS) is 34.7. The van der Waals surface area contributed by atoms with Gasteiger partial charge in [-0.1, -0.05) is 0 Å². The van der Waals surface area contributed by atoms with Crippen LogP contribution >= 0.6 is 0 Å². The van der Waals surface area contributed by atoms with Crippen LogP contribution in [-0.2, 0) is 4.74 Å². The van der Waals surface area contributed by atoms with E-state index in [0.717, 1.165) is 4.90 Å². The largest absolute Gasteiger partial charge is 0.465 e. The number of alkyl halides is 2. The Balaban J connectivity index is 2.15. The van der Waals surface area contributed by atoms with E-state index in [0.29, 0.717) is 13.0 Å². The van der Waals surface area contributed by atoms with Crippen LogP contribution < -0.4 is 0 Å². The molecule has 2 heterocycles. The lowest BCUT2D eigenvalue weighted by molar-refractivity contribution is -0.162. The molecule has 2 rings (SSSR count). The van der Waals surface area contributed by atoms with E-state index in [9.17, 15) is 13.6 Å². The Bertz CT molecular complexity index is 277. The van der Waals surface area contributed by atoms with Gasteiger partial charge in [0.25, 0.3) is 5.92 Å². The van der Waals surface area contributed by atoms with E-state index in [1.807, 2.05) is 0 Å². The number of hydrogen-bond donors (Lipinski definition) is 1. The molecule has 0 saturated carbocycles. The van der Waals surface area contributed by atoms with Crippen LogP contribution in [0.25, 0.3) is 0 Å². The first kappa shape index (κ1) is 10.6. The molecule has 0 aromatic carbocycles. The van der Waals surface area contributed by atoms with Crippen LogP contribution in [0.1, 0.15) is 12.8 Å². The third-order valence-corrected chi connectivity index (χ3v) is 3.40. The molecule has 1 unspecified atom stereocenters. The van der Waals surface area contributed by atoms with E-state index < -0.39 is 24.0 Å². The summed E-state index contributed by atoms with van der Waals surface area (Å²) >= 11 is 0. The highest BCUT2D eigenvalue weighted by Gasteiger charge is 2.59. The topological polar surface area (TPSA) is 49.8 Å². The fourth-order valence-electron chi connectivity index (χ4n) is 2.27. The first-order valence-corrected chi connectivity index (χ1v) is 4.90. The number of hydrogen-bond acceptors (Lipinski definition) is 2. The van der Waals surface area contributed by atoms with Gasteiger partial charge in [0.1, 0.15) is 0 Å². The highest BCUT2D eigenvalue weighted by Crippen LogP contribution is 2.49. The number of carbonyl (C=O) groups is 1. The lowest BCUT2D eigenvalue weighted by Gasteiger charge is -2.43. The molecule has 0 bridgehead atoms. The first-order chi connectivity index (χ1) is 6.97. The third kappa shape index (κ3) is 1.56. The molecule has 1 spiro atoms. The molecule has 0 aromatic rings. The zero-order chi connectivity index (χ0) is 11.1. The Morgan fingerprint density at radius 2 is 2.13 bits per heavy atom. The van der Waals surface area contributed by atoms with E-state index in [-0.39, 0.29) is 19.6 Å². The number of amides is 1. The average molecular weight is 221 g/mol. The lowest BCUT2D eigenvalue weighted by atomic mass is 9.75. The molecule has 1 atom stereocenters. The van der Waals surface area contributed by atoms with Gasteiger partial charge in [-0.15, -0.1) is 0 Å². The molecule has 0 aliphatic carbocycles. The summed E-state index contributed by atoms with van der Waals surface area (Å²) < 4.78 is 32.6. The number of carboxylic acid groups (broad SMARTS) is 1. The number of halogens is 2. The Hall–Kier alpha value is -0.910. The number of nitrogens with zero attached hydrogens (tertiary/aromatic N) is 1. The molecule has 4 nitrogen and oxygen atoms in total. The number of ether oxygens (including phenoxy) is 1. The minimum Gasteiger partial charge on any atom is -0.465 e. The summed E-state index contributed by atoms with van der Waals surface area (Å²) in [6, 6.07) is 0. The summed E-state index contributed by atoms with van der Waals surface area (Å²) in [5.74, 6) is -2.97. The second-order valence-electron chi connectivity index (χ2n) is 4.24. The number of piperidine rings is 1.